The van der Waals surface area contributed by atoms with Crippen molar-refractivity contribution in [1.29, 1.82) is 0 Å². The van der Waals surface area contributed by atoms with Gasteiger partial charge in [-0.15, -0.1) is 0 Å². The van der Waals surface area contributed by atoms with Crippen LogP contribution in [-0.4, -0.2) is 26.7 Å². The number of halogens is 1. The van der Waals surface area contributed by atoms with E-state index in [9.17, 15) is 0 Å². The van der Waals surface area contributed by atoms with E-state index in [1.807, 2.05) is 0 Å². The number of benzene rings is 3. The fourth-order valence-corrected chi connectivity index (χ4v) is 7.79. The van der Waals surface area contributed by atoms with Crippen molar-refractivity contribution in [3.8, 4) is 0 Å². The lowest BCUT2D eigenvalue weighted by molar-refractivity contribution is -0.0747. The minimum absolute atomic E-state index is 0. The van der Waals surface area contributed by atoms with Crippen LogP contribution in [0.25, 0.3) is 0 Å². The average Bonchev–Trinajstić information content (AvgIpc) is 2.77. The summed E-state index contributed by atoms with van der Waals surface area (Å²) in [5.74, 6) is 0. The first-order valence-corrected chi connectivity index (χ1v) is 11.5. The normalized spacial score (nSPS) is 11.9. The molecule has 0 heterocycles. The number of hydrogen-bond acceptors (Lipinski definition) is 2. The van der Waals surface area contributed by atoms with Crippen LogP contribution in [0.2, 0.25) is 0 Å². The highest BCUT2D eigenvalue weighted by Gasteiger charge is 2.44. The number of ether oxygens (including phenoxy) is 2. The second-order valence-corrected chi connectivity index (χ2v) is 10.3. The van der Waals surface area contributed by atoms with Crippen molar-refractivity contribution in [1.82, 2.24) is 0 Å². The van der Waals surface area contributed by atoms with Gasteiger partial charge in [0.2, 0.25) is 0 Å². The lowest BCUT2D eigenvalue weighted by Crippen LogP contribution is -3.00. The molecule has 29 heavy (non-hydrogen) atoms. The zero-order chi connectivity index (χ0) is 19.8. The van der Waals surface area contributed by atoms with Crippen LogP contribution in [-0.2, 0) is 9.47 Å². The zero-order valence-corrected chi connectivity index (χ0v) is 18.8. The second kappa shape index (κ2) is 11.3. The summed E-state index contributed by atoms with van der Waals surface area (Å²) >= 11 is 0. The van der Waals surface area contributed by atoms with E-state index in [0.29, 0.717) is 0 Å². The van der Waals surface area contributed by atoms with Crippen molar-refractivity contribution in [3.63, 3.8) is 0 Å². The maximum absolute atomic E-state index is 5.47. The molecule has 2 nitrogen and oxygen atoms in total. The number of methoxy groups -OCH3 is 2. The van der Waals surface area contributed by atoms with Gasteiger partial charge in [0, 0.05) is 14.2 Å². The second-order valence-electron chi connectivity index (χ2n) is 6.75. The smallest absolute Gasteiger partial charge is 0.178 e. The van der Waals surface area contributed by atoms with Gasteiger partial charge in [0.15, 0.2) is 6.29 Å². The lowest BCUT2D eigenvalue weighted by atomic mass is 10.3. The van der Waals surface area contributed by atoms with Gasteiger partial charge < -0.3 is 21.9 Å². The van der Waals surface area contributed by atoms with Gasteiger partial charge in [0.05, 0.1) is 6.16 Å². The van der Waals surface area contributed by atoms with Gasteiger partial charge in [-0.1, -0.05) is 54.6 Å². The van der Waals surface area contributed by atoms with Crippen LogP contribution >= 0.6 is 7.26 Å². The first kappa shape index (κ1) is 23.3. The van der Waals surface area contributed by atoms with E-state index in [2.05, 4.69) is 104 Å². The topological polar surface area (TPSA) is 18.5 Å². The molecule has 152 valence electrons. The summed E-state index contributed by atoms with van der Waals surface area (Å²) in [7, 11) is 1.50. The van der Waals surface area contributed by atoms with E-state index in [1.165, 1.54) is 15.9 Å². The molecule has 0 bridgehead atoms. The third-order valence-electron chi connectivity index (χ3n) is 5.08. The summed E-state index contributed by atoms with van der Waals surface area (Å²) in [6.45, 7) is 2.08. The van der Waals surface area contributed by atoms with Gasteiger partial charge in [-0.25, -0.2) is 0 Å². The Balaban J connectivity index is 0.00000300. The molecule has 0 aliphatic heterocycles. The molecular weight excluding hydrogens is 399 g/mol. The van der Waals surface area contributed by atoms with Crippen LogP contribution in [0.5, 0.6) is 0 Å². The standard InChI is InChI=1S/C25H28O2P.ClH/c1-21(25(26-2)27-3)19-20-28(22-13-7-4-8-14-22,23-15-9-5-10-16-23)24-17-11-6-12-18-24;/h4-19,25H,20H2,1-3H3;1H/q+1;/p-1/b21-19+;. The number of hydrogen-bond donors (Lipinski definition) is 0. The molecule has 0 N–H and O–H groups in total. The summed E-state index contributed by atoms with van der Waals surface area (Å²) in [6, 6.07) is 32.7. The van der Waals surface area contributed by atoms with E-state index in [0.717, 1.165) is 11.7 Å². The molecule has 0 spiro atoms. The largest absolute Gasteiger partial charge is 1.00 e. The molecule has 0 fully saturated rings. The Morgan fingerprint density at radius 3 is 1.38 bits per heavy atom. The molecule has 0 atom stereocenters. The van der Waals surface area contributed by atoms with Crippen LogP contribution < -0.4 is 28.3 Å². The lowest BCUT2D eigenvalue weighted by Gasteiger charge is -2.27. The van der Waals surface area contributed by atoms with Crippen LogP contribution in [0.3, 0.4) is 0 Å². The van der Waals surface area contributed by atoms with Gasteiger partial charge in [-0.3, -0.25) is 0 Å². The molecule has 0 aromatic heterocycles. The van der Waals surface area contributed by atoms with Crippen LogP contribution in [0.4, 0.5) is 0 Å². The van der Waals surface area contributed by atoms with E-state index >= 15 is 0 Å². The number of allylic oxidation sites excluding steroid dienone is 1. The molecule has 3 aromatic rings. The van der Waals surface area contributed by atoms with Gasteiger partial charge in [0.1, 0.15) is 23.2 Å². The molecule has 0 unspecified atom stereocenters. The third-order valence-corrected chi connectivity index (χ3v) is 9.35. The summed E-state index contributed by atoms with van der Waals surface area (Å²) in [5.41, 5.74) is 1.09. The van der Waals surface area contributed by atoms with E-state index in [-0.39, 0.29) is 18.7 Å². The molecule has 0 radical (unpaired) electrons. The van der Waals surface area contributed by atoms with Crippen LogP contribution in [0.1, 0.15) is 6.92 Å². The highest BCUT2D eigenvalue weighted by Crippen LogP contribution is 2.55. The Bertz CT molecular complexity index is 782. The fourth-order valence-electron chi connectivity index (χ4n) is 3.66. The fraction of sp³-hybridized carbons (Fsp3) is 0.200. The van der Waals surface area contributed by atoms with E-state index < -0.39 is 7.26 Å². The van der Waals surface area contributed by atoms with Gasteiger partial charge >= 0.3 is 0 Å². The first-order chi connectivity index (χ1) is 13.7. The van der Waals surface area contributed by atoms with Crippen molar-refractivity contribution in [2.75, 3.05) is 20.4 Å². The van der Waals surface area contributed by atoms with Crippen molar-refractivity contribution in [2.24, 2.45) is 0 Å². The Morgan fingerprint density at radius 1 is 0.724 bits per heavy atom. The molecule has 0 saturated carbocycles. The molecule has 0 aliphatic rings. The molecule has 0 amide bonds. The van der Waals surface area contributed by atoms with Crippen molar-refractivity contribution < 1.29 is 21.9 Å². The summed E-state index contributed by atoms with van der Waals surface area (Å²) in [4.78, 5) is 0. The van der Waals surface area contributed by atoms with Crippen molar-refractivity contribution >= 4 is 23.2 Å². The molecular formula is C25H28ClO2P. The predicted octanol–water partition coefficient (Wildman–Crippen LogP) is 1.55. The predicted molar refractivity (Wildman–Crippen MR) is 122 cm³/mol. The number of rotatable bonds is 8. The van der Waals surface area contributed by atoms with Gasteiger partial charge in [-0.05, 0) is 55.0 Å². The van der Waals surface area contributed by atoms with Gasteiger partial charge in [-0.2, -0.15) is 0 Å². The summed E-state index contributed by atoms with van der Waals surface area (Å²) < 4.78 is 10.9. The third kappa shape index (κ3) is 5.15. The van der Waals surface area contributed by atoms with Crippen molar-refractivity contribution in [3.05, 3.63) is 103 Å². The Kier molecular flexibility index (Phi) is 9.07. The minimum atomic E-state index is -1.86. The molecule has 0 saturated heterocycles. The highest BCUT2D eigenvalue weighted by atomic mass is 35.5. The maximum Gasteiger partial charge on any atom is 0.178 e. The quantitative estimate of drug-likeness (QED) is 0.309. The van der Waals surface area contributed by atoms with Crippen molar-refractivity contribution in [2.45, 2.75) is 13.2 Å². The monoisotopic (exact) mass is 426 g/mol. The molecule has 3 aromatic carbocycles. The SMILES string of the molecule is COC(OC)/C(C)=C/C[P+](c1ccccc1)(c1ccccc1)c1ccccc1.[Cl-]. The summed E-state index contributed by atoms with van der Waals surface area (Å²) in [5, 5.41) is 4.13. The van der Waals surface area contributed by atoms with Crippen LogP contribution in [0, 0.1) is 0 Å². The Hall–Kier alpha value is -1.96. The Labute approximate surface area is 181 Å². The van der Waals surface area contributed by atoms with E-state index in [4.69, 9.17) is 9.47 Å². The Morgan fingerprint density at radius 2 is 1.07 bits per heavy atom. The zero-order valence-electron chi connectivity index (χ0n) is 17.2. The van der Waals surface area contributed by atoms with E-state index in [1.54, 1.807) is 14.2 Å². The van der Waals surface area contributed by atoms with Gasteiger partial charge in [0.25, 0.3) is 0 Å². The van der Waals surface area contributed by atoms with Crippen LogP contribution in [0.15, 0.2) is 103 Å². The molecule has 3 rings (SSSR count). The molecule has 0 aliphatic carbocycles. The summed E-state index contributed by atoms with van der Waals surface area (Å²) in [6.07, 6.45) is 2.89. The minimum Gasteiger partial charge on any atom is -1.00 e. The molecule has 4 heteroatoms. The first-order valence-electron chi connectivity index (χ1n) is 9.49. The average molecular weight is 427 g/mol. The maximum atomic E-state index is 5.47. The highest BCUT2D eigenvalue weighted by molar-refractivity contribution is 7.95.